The van der Waals surface area contributed by atoms with Crippen LogP contribution in [0.4, 0.5) is 0 Å². The largest absolute Gasteiger partial charge is 0.343 e. The van der Waals surface area contributed by atoms with Crippen molar-refractivity contribution in [2.75, 3.05) is 26.7 Å². The van der Waals surface area contributed by atoms with Gasteiger partial charge in [-0.05, 0) is 88.3 Å². The number of halogens is 1. The van der Waals surface area contributed by atoms with Crippen LogP contribution in [0.3, 0.4) is 0 Å². The number of rotatable bonds is 9. The number of piperidine rings is 1. The van der Waals surface area contributed by atoms with Crippen LogP contribution in [0.25, 0.3) is 21.8 Å². The van der Waals surface area contributed by atoms with Gasteiger partial charge in [0.15, 0.2) is 0 Å². The molecule has 0 spiro atoms. The third-order valence-corrected chi connectivity index (χ3v) is 8.87. The van der Waals surface area contributed by atoms with Gasteiger partial charge in [0.2, 0.25) is 5.91 Å². The molecule has 3 heterocycles. The first kappa shape index (κ1) is 30.2. The highest BCUT2D eigenvalue weighted by Crippen LogP contribution is 2.32. The molecule has 0 bridgehead atoms. The van der Waals surface area contributed by atoms with E-state index in [2.05, 4.69) is 69.9 Å². The topological polar surface area (TPSA) is 102 Å². The third kappa shape index (κ3) is 6.84. The highest BCUT2D eigenvalue weighted by molar-refractivity contribution is 9.10. The van der Waals surface area contributed by atoms with Gasteiger partial charge in [0, 0.05) is 59.5 Å². The van der Waals surface area contributed by atoms with Crippen molar-refractivity contribution in [1.82, 2.24) is 25.0 Å². The molecule has 222 valence electrons. The number of hydrogen-bond donors (Lipinski definition) is 2. The molecule has 1 fully saturated rings. The lowest BCUT2D eigenvalue weighted by molar-refractivity contribution is -0.134. The van der Waals surface area contributed by atoms with Gasteiger partial charge in [-0.1, -0.05) is 39.0 Å². The first-order chi connectivity index (χ1) is 20.0. The van der Waals surface area contributed by atoms with Gasteiger partial charge in [-0.15, -0.1) is 0 Å². The molecule has 0 radical (unpaired) electrons. The zero-order valence-electron chi connectivity index (χ0n) is 24.9. The number of hydrogen-bond acceptors (Lipinski definition) is 5. The van der Waals surface area contributed by atoms with E-state index in [-0.39, 0.29) is 29.2 Å². The molecule has 2 aromatic carbocycles. The van der Waals surface area contributed by atoms with Crippen LogP contribution in [0, 0.1) is 11.3 Å². The van der Waals surface area contributed by atoms with Gasteiger partial charge in [0.05, 0.1) is 11.7 Å². The number of para-hydroxylation sites is 1. The fourth-order valence-corrected chi connectivity index (χ4v) is 6.98. The molecule has 1 aliphatic rings. The van der Waals surface area contributed by atoms with Crippen LogP contribution >= 0.6 is 15.9 Å². The second-order valence-electron chi connectivity index (χ2n) is 13.0. The zero-order chi connectivity index (χ0) is 30.0. The number of amides is 1. The van der Waals surface area contributed by atoms with Crippen molar-refractivity contribution < 1.29 is 9.59 Å². The molecule has 1 aliphatic heterocycles. The zero-order valence-corrected chi connectivity index (χ0v) is 26.5. The number of aromatic nitrogens is 3. The first-order valence-corrected chi connectivity index (χ1v) is 15.5. The molecule has 2 N–H and O–H groups in total. The lowest BCUT2D eigenvalue weighted by Gasteiger charge is -2.32. The predicted octanol–water partition coefficient (Wildman–Crippen LogP) is 5.80. The third-order valence-electron chi connectivity index (χ3n) is 8.25. The Morgan fingerprint density at radius 1 is 1.21 bits per heavy atom. The predicted molar refractivity (Wildman–Crippen MR) is 171 cm³/mol. The monoisotopic (exact) mass is 633 g/mol. The van der Waals surface area contributed by atoms with E-state index in [4.69, 9.17) is 0 Å². The molecule has 42 heavy (non-hydrogen) atoms. The van der Waals surface area contributed by atoms with Crippen LogP contribution in [-0.4, -0.2) is 63.9 Å². The fourth-order valence-electron chi connectivity index (χ4n) is 6.40. The number of H-pyrrole nitrogens is 2. The molecular formula is C33H40BrN5O3. The number of carbonyl (C=O) groups excluding carboxylic acids is 2. The summed E-state index contributed by atoms with van der Waals surface area (Å²) in [5, 5.41) is 9.40. The quantitative estimate of drug-likeness (QED) is 0.227. The molecule has 1 amide bonds. The minimum atomic E-state index is -0.429. The summed E-state index contributed by atoms with van der Waals surface area (Å²) in [7, 11) is 2.11. The van der Waals surface area contributed by atoms with E-state index in [1.165, 1.54) is 0 Å². The van der Waals surface area contributed by atoms with Crippen LogP contribution in [0.2, 0.25) is 0 Å². The summed E-state index contributed by atoms with van der Waals surface area (Å²) in [5.74, 6) is -0.328. The molecule has 0 unspecified atom stereocenters. The van der Waals surface area contributed by atoms with E-state index in [9.17, 15) is 14.4 Å². The Hall–Kier alpha value is -3.30. The van der Waals surface area contributed by atoms with Gasteiger partial charge in [-0.25, -0.2) is 0 Å². The minimum Gasteiger partial charge on any atom is -0.343 e. The van der Waals surface area contributed by atoms with Crippen LogP contribution in [0.15, 0.2) is 51.9 Å². The number of nitrogens with zero attached hydrogens (tertiary/aromatic N) is 3. The van der Waals surface area contributed by atoms with E-state index >= 15 is 0 Å². The van der Waals surface area contributed by atoms with Crippen molar-refractivity contribution in [2.45, 2.75) is 58.9 Å². The Morgan fingerprint density at radius 2 is 1.95 bits per heavy atom. The summed E-state index contributed by atoms with van der Waals surface area (Å²) in [4.78, 5) is 45.6. The van der Waals surface area contributed by atoms with E-state index in [1.807, 2.05) is 41.4 Å². The number of benzene rings is 2. The van der Waals surface area contributed by atoms with E-state index < -0.39 is 5.92 Å². The van der Waals surface area contributed by atoms with Crippen LogP contribution in [0.5, 0.6) is 0 Å². The molecule has 2 aromatic heterocycles. The average molecular weight is 635 g/mol. The van der Waals surface area contributed by atoms with Crippen LogP contribution in [-0.2, 0) is 22.6 Å². The number of aldehydes is 1. The first-order valence-electron chi connectivity index (χ1n) is 14.7. The molecule has 1 saturated heterocycles. The Kier molecular flexibility index (Phi) is 8.99. The van der Waals surface area contributed by atoms with E-state index in [1.54, 1.807) is 0 Å². The van der Waals surface area contributed by atoms with E-state index in [0.29, 0.717) is 19.5 Å². The maximum atomic E-state index is 13.4. The second-order valence-corrected chi connectivity index (χ2v) is 13.8. The summed E-state index contributed by atoms with van der Waals surface area (Å²) in [6.45, 7) is 9.45. The van der Waals surface area contributed by atoms with Crippen molar-refractivity contribution in [2.24, 2.45) is 11.3 Å². The number of fused-ring (bicyclic) bond motifs is 2. The van der Waals surface area contributed by atoms with Crippen molar-refractivity contribution in [3.05, 3.63) is 74.1 Å². The summed E-state index contributed by atoms with van der Waals surface area (Å²) in [5.41, 5.74) is 4.84. The van der Waals surface area contributed by atoms with Gasteiger partial charge in [-0.2, -0.15) is 5.10 Å². The Labute approximate surface area is 255 Å². The summed E-state index contributed by atoms with van der Waals surface area (Å²) >= 11 is 3.67. The normalized spacial score (nSPS) is 15.5. The molecule has 0 aliphatic carbocycles. The van der Waals surface area contributed by atoms with Crippen molar-refractivity contribution in [3.63, 3.8) is 0 Å². The maximum absolute atomic E-state index is 13.4. The average Bonchev–Trinajstić information content (AvgIpc) is 3.44. The molecule has 1 atom stereocenters. The number of likely N-dealkylation sites (tertiary alicyclic amines) is 1. The number of nitrogens with one attached hydrogen (secondary N) is 2. The number of carbonyl (C=O) groups is 2. The highest BCUT2D eigenvalue weighted by Gasteiger charge is 2.28. The van der Waals surface area contributed by atoms with Gasteiger partial charge in [0.1, 0.15) is 6.29 Å². The lowest BCUT2D eigenvalue weighted by Crippen LogP contribution is -2.39. The van der Waals surface area contributed by atoms with Crippen molar-refractivity contribution >= 4 is 49.9 Å². The summed E-state index contributed by atoms with van der Waals surface area (Å²) in [6, 6.07) is 11.8. The van der Waals surface area contributed by atoms with Crippen LogP contribution in [0.1, 0.15) is 62.6 Å². The summed E-state index contributed by atoms with van der Waals surface area (Å²) in [6.07, 6.45) is 4.88. The maximum Gasteiger partial charge on any atom is 0.251 e. The summed E-state index contributed by atoms with van der Waals surface area (Å²) < 4.78 is 0.897. The molecule has 9 heteroatoms. The number of pyridine rings is 1. The SMILES string of the molecule is CN(Cc1c(C[C@H](C=O)CC(=O)N2CCC(c3cc4ccccc4[nH]c3=O)CC2)cc(Br)c2[nH]ncc12)CC(C)(C)C. The van der Waals surface area contributed by atoms with E-state index in [0.717, 1.165) is 75.2 Å². The molecule has 8 nitrogen and oxygen atoms in total. The standard InChI is InChI=1S/C33H40BrN5O3/c1-33(2,3)20-38(4)18-27-24(16-28(34)31-26(27)17-35-37-31)13-21(19-40)14-30(41)39-11-9-22(10-12-39)25-15-23-7-5-6-8-29(23)36-32(25)42/h5-8,15-17,19,21-22H,9-14,18,20H2,1-4H3,(H,35,37)(H,36,42)/t21-/m0/s1. The van der Waals surface area contributed by atoms with Crippen molar-refractivity contribution in [1.29, 1.82) is 0 Å². The lowest BCUT2D eigenvalue weighted by atomic mass is 9.88. The Balaban J connectivity index is 1.26. The molecule has 0 saturated carbocycles. The Morgan fingerprint density at radius 3 is 2.67 bits per heavy atom. The number of aromatic amines is 2. The van der Waals surface area contributed by atoms with Crippen molar-refractivity contribution in [3.8, 4) is 0 Å². The molecule has 5 rings (SSSR count). The fraction of sp³-hybridized carbons (Fsp3) is 0.455. The second kappa shape index (κ2) is 12.5. The minimum absolute atomic E-state index is 0.00664. The van der Waals surface area contributed by atoms with Crippen LogP contribution < -0.4 is 5.56 Å². The van der Waals surface area contributed by atoms with Gasteiger partial charge in [0.25, 0.3) is 5.56 Å². The molecule has 4 aromatic rings. The van der Waals surface area contributed by atoms with Gasteiger partial charge >= 0.3 is 0 Å². The Bertz CT molecular complexity index is 1650. The van der Waals surface area contributed by atoms with Gasteiger partial charge < -0.3 is 19.6 Å². The smallest absolute Gasteiger partial charge is 0.251 e. The van der Waals surface area contributed by atoms with Gasteiger partial charge in [-0.3, -0.25) is 14.7 Å². The molecular weight excluding hydrogens is 594 g/mol. The highest BCUT2D eigenvalue weighted by atomic mass is 79.9.